The summed E-state index contributed by atoms with van der Waals surface area (Å²) in [6.45, 7) is 4.25. The van der Waals surface area contributed by atoms with Gasteiger partial charge in [-0.15, -0.1) is 11.3 Å². The van der Waals surface area contributed by atoms with E-state index in [-0.39, 0.29) is 17.9 Å². The molecule has 0 unspecified atom stereocenters. The molecule has 1 aliphatic rings. The van der Waals surface area contributed by atoms with Crippen LogP contribution in [-0.4, -0.2) is 26.9 Å². The van der Waals surface area contributed by atoms with Crippen molar-refractivity contribution in [1.29, 1.82) is 0 Å². The van der Waals surface area contributed by atoms with E-state index in [1.54, 1.807) is 12.4 Å². The smallest absolute Gasteiger partial charge is 0.258 e. The fraction of sp³-hybridized carbons (Fsp3) is 0.250. The first-order chi connectivity index (χ1) is 15.1. The van der Waals surface area contributed by atoms with E-state index in [0.717, 1.165) is 52.5 Å². The molecule has 0 spiro atoms. The Morgan fingerprint density at radius 1 is 1.19 bits per heavy atom. The first kappa shape index (κ1) is 19.8. The molecule has 0 bridgehead atoms. The molecule has 1 fully saturated rings. The van der Waals surface area contributed by atoms with E-state index in [4.69, 9.17) is 10.7 Å². The molecule has 2 atom stereocenters. The third kappa shape index (κ3) is 3.82. The minimum atomic E-state index is -0.195. The average molecular weight is 430 g/mol. The Kier molecular flexibility index (Phi) is 5.21. The van der Waals surface area contributed by atoms with Crippen LogP contribution in [0.5, 0.6) is 0 Å². The Hall–Kier alpha value is -3.16. The number of carbonyl (C=O) groups is 1. The maximum Gasteiger partial charge on any atom is 0.258 e. The lowest BCUT2D eigenvalue weighted by Crippen LogP contribution is -2.33. The molecule has 1 amide bonds. The molecular formula is C24H23N5OS. The number of amides is 1. The van der Waals surface area contributed by atoms with Crippen LogP contribution in [0, 0.1) is 5.92 Å². The molecule has 0 saturated heterocycles. The number of thiophene rings is 1. The molecule has 1 aromatic carbocycles. The molecule has 3 N–H and O–H groups in total. The average Bonchev–Trinajstić information content (AvgIpc) is 3.22. The zero-order valence-corrected chi connectivity index (χ0v) is 17.9. The minimum Gasteiger partial charge on any atom is -0.327 e. The van der Waals surface area contributed by atoms with Gasteiger partial charge in [-0.05, 0) is 42.7 Å². The summed E-state index contributed by atoms with van der Waals surface area (Å²) in [5.74, 6) is 0.575. The summed E-state index contributed by atoms with van der Waals surface area (Å²) < 4.78 is 0.873. The van der Waals surface area contributed by atoms with Crippen molar-refractivity contribution >= 4 is 49.6 Å². The lowest BCUT2D eigenvalue weighted by atomic mass is 9.80. The quantitative estimate of drug-likeness (QED) is 0.475. The summed E-state index contributed by atoms with van der Waals surface area (Å²) in [5, 5.41) is 5.79. The predicted molar refractivity (Wildman–Crippen MR) is 126 cm³/mol. The highest BCUT2D eigenvalue weighted by atomic mass is 32.1. The van der Waals surface area contributed by atoms with Gasteiger partial charge in [0.15, 0.2) is 5.82 Å². The van der Waals surface area contributed by atoms with Gasteiger partial charge in [-0.2, -0.15) is 0 Å². The summed E-state index contributed by atoms with van der Waals surface area (Å²) >= 11 is 1.46. The third-order valence-corrected chi connectivity index (χ3v) is 6.88. The molecule has 1 aliphatic carbocycles. The van der Waals surface area contributed by atoms with Gasteiger partial charge in [0.2, 0.25) is 0 Å². The van der Waals surface area contributed by atoms with Crippen LogP contribution in [0.25, 0.3) is 26.7 Å². The second-order valence-electron chi connectivity index (χ2n) is 8.00. The van der Waals surface area contributed by atoms with Gasteiger partial charge < -0.3 is 11.1 Å². The summed E-state index contributed by atoms with van der Waals surface area (Å²) in [7, 11) is 0. The maximum atomic E-state index is 13.0. The van der Waals surface area contributed by atoms with Crippen molar-refractivity contribution < 1.29 is 4.79 Å². The zero-order chi connectivity index (χ0) is 21.4. The largest absolute Gasteiger partial charge is 0.327 e. The highest BCUT2D eigenvalue weighted by Gasteiger charge is 2.27. The minimum absolute atomic E-state index is 0.0909. The highest BCUT2D eigenvalue weighted by Crippen LogP contribution is 2.34. The highest BCUT2D eigenvalue weighted by molar-refractivity contribution is 7.17. The van der Waals surface area contributed by atoms with Gasteiger partial charge in [-0.1, -0.05) is 25.5 Å². The van der Waals surface area contributed by atoms with Gasteiger partial charge in [0.05, 0.1) is 21.3 Å². The molecule has 6 nitrogen and oxygen atoms in total. The van der Waals surface area contributed by atoms with Crippen molar-refractivity contribution in [3.63, 3.8) is 0 Å². The molecule has 0 radical (unpaired) electrons. The number of aromatic nitrogens is 3. The number of rotatable bonds is 4. The van der Waals surface area contributed by atoms with Gasteiger partial charge in [0.1, 0.15) is 0 Å². The molecule has 1 saturated carbocycles. The Labute approximate surface area is 184 Å². The number of fused-ring (bicyclic) bond motifs is 2. The van der Waals surface area contributed by atoms with E-state index in [1.807, 2.05) is 35.7 Å². The van der Waals surface area contributed by atoms with Crippen LogP contribution in [0.3, 0.4) is 0 Å². The van der Waals surface area contributed by atoms with Crippen LogP contribution in [-0.2, 0) is 0 Å². The molecule has 0 aliphatic heterocycles. The van der Waals surface area contributed by atoms with Gasteiger partial charge in [0, 0.05) is 40.8 Å². The fourth-order valence-electron chi connectivity index (χ4n) is 4.25. The van der Waals surface area contributed by atoms with Crippen molar-refractivity contribution in [2.45, 2.75) is 31.7 Å². The predicted octanol–water partition coefficient (Wildman–Crippen LogP) is 5.02. The summed E-state index contributed by atoms with van der Waals surface area (Å²) in [5.41, 5.74) is 10.00. The van der Waals surface area contributed by atoms with E-state index in [0.29, 0.717) is 16.9 Å². The summed E-state index contributed by atoms with van der Waals surface area (Å²) in [4.78, 5) is 26.6. The zero-order valence-electron chi connectivity index (χ0n) is 17.0. The standard InChI is InChI=1S/C24H23N5OS/c1-14(17-6-2-3-7-19(17)25)23-27-12-21-22(29-23)18(13-31-21)24(30)28-16-8-9-20-15(11-16)5-4-10-26-20/h4-5,8-13,17,19H,1-3,6-7,25H2,(H,28,30)/t17-,19-/m1/s1. The van der Waals surface area contributed by atoms with Crippen molar-refractivity contribution in [3.05, 3.63) is 66.1 Å². The molecule has 3 aromatic heterocycles. The van der Waals surface area contributed by atoms with Crippen LogP contribution in [0.4, 0.5) is 5.69 Å². The lowest BCUT2D eigenvalue weighted by molar-refractivity contribution is 0.102. The van der Waals surface area contributed by atoms with Gasteiger partial charge in [-0.25, -0.2) is 9.97 Å². The second-order valence-corrected chi connectivity index (χ2v) is 8.91. The van der Waals surface area contributed by atoms with E-state index < -0.39 is 0 Å². The molecule has 31 heavy (non-hydrogen) atoms. The number of anilines is 1. The van der Waals surface area contributed by atoms with Crippen molar-refractivity contribution in [1.82, 2.24) is 15.0 Å². The van der Waals surface area contributed by atoms with E-state index >= 15 is 0 Å². The second kappa shape index (κ2) is 8.17. The van der Waals surface area contributed by atoms with Crippen molar-refractivity contribution in [3.8, 4) is 0 Å². The van der Waals surface area contributed by atoms with Crippen molar-refractivity contribution in [2.75, 3.05) is 5.32 Å². The maximum absolute atomic E-state index is 13.0. The third-order valence-electron chi connectivity index (χ3n) is 5.97. The molecule has 3 heterocycles. The summed E-state index contributed by atoms with van der Waals surface area (Å²) in [6.07, 6.45) is 7.84. The van der Waals surface area contributed by atoms with Gasteiger partial charge in [0.25, 0.3) is 5.91 Å². The Morgan fingerprint density at radius 3 is 2.94 bits per heavy atom. The number of carbonyl (C=O) groups excluding carboxylic acids is 1. The normalized spacial score (nSPS) is 18.9. The summed E-state index contributed by atoms with van der Waals surface area (Å²) in [6, 6.07) is 9.61. The van der Waals surface area contributed by atoms with E-state index in [9.17, 15) is 4.79 Å². The number of benzene rings is 1. The number of nitrogens with zero attached hydrogens (tertiary/aromatic N) is 3. The number of nitrogens with one attached hydrogen (secondary N) is 1. The van der Waals surface area contributed by atoms with E-state index in [1.165, 1.54) is 11.3 Å². The van der Waals surface area contributed by atoms with Crippen molar-refractivity contribution in [2.24, 2.45) is 11.7 Å². The number of hydrogen-bond acceptors (Lipinski definition) is 6. The SMILES string of the molecule is C=C(c1ncc2scc(C(=O)Nc3ccc4ncccc4c3)c2n1)[C@H]1CCCC[C@H]1N. The first-order valence-electron chi connectivity index (χ1n) is 10.5. The van der Waals surface area contributed by atoms with Gasteiger partial charge in [-0.3, -0.25) is 9.78 Å². The molecule has 5 rings (SSSR count). The van der Waals surface area contributed by atoms with Crippen LogP contribution in [0.15, 0.2) is 54.7 Å². The monoisotopic (exact) mass is 429 g/mol. The van der Waals surface area contributed by atoms with E-state index in [2.05, 4.69) is 21.9 Å². The number of hydrogen-bond donors (Lipinski definition) is 2. The van der Waals surface area contributed by atoms with Crippen LogP contribution in [0.1, 0.15) is 41.9 Å². The molecule has 7 heteroatoms. The fourth-order valence-corrected chi connectivity index (χ4v) is 5.10. The number of pyridine rings is 1. The van der Waals surface area contributed by atoms with Crippen LogP contribution < -0.4 is 11.1 Å². The molecule has 4 aromatic rings. The molecule has 156 valence electrons. The Balaban J connectivity index is 1.43. The van der Waals surface area contributed by atoms with Gasteiger partial charge >= 0.3 is 0 Å². The Bertz CT molecular complexity index is 1300. The number of nitrogens with two attached hydrogens (primary N) is 1. The van der Waals surface area contributed by atoms with Crippen LogP contribution >= 0.6 is 11.3 Å². The first-order valence-corrected chi connectivity index (χ1v) is 11.3. The molecular weight excluding hydrogens is 406 g/mol. The topological polar surface area (TPSA) is 93.8 Å². The lowest BCUT2D eigenvalue weighted by Gasteiger charge is -2.29. The van der Waals surface area contributed by atoms with Crippen LogP contribution in [0.2, 0.25) is 0 Å². The Morgan fingerprint density at radius 2 is 2.06 bits per heavy atom.